The van der Waals surface area contributed by atoms with E-state index in [1.54, 1.807) is 51.1 Å². The van der Waals surface area contributed by atoms with Gasteiger partial charge in [0.15, 0.2) is 0 Å². The Hall–Kier alpha value is -8.02. The van der Waals surface area contributed by atoms with Crippen LogP contribution in [0.5, 0.6) is 11.5 Å². The number of nitrogens with zero attached hydrogens (tertiary/aromatic N) is 8. The van der Waals surface area contributed by atoms with Crippen LogP contribution >= 0.6 is 22.7 Å². The molecule has 2 fully saturated rings. The number of likely N-dealkylation sites (tertiary alicyclic amines) is 2. The zero-order valence-electron chi connectivity index (χ0n) is 59.3. The molecule has 6 atom stereocenters. The molecule has 0 bridgehead atoms. The Kier molecular flexibility index (Phi) is 27.7. The van der Waals surface area contributed by atoms with Gasteiger partial charge in [0.05, 0.1) is 82.2 Å². The summed E-state index contributed by atoms with van der Waals surface area (Å²) in [5.41, 5.74) is 8.89. The van der Waals surface area contributed by atoms with Gasteiger partial charge in [-0.2, -0.15) is 0 Å². The monoisotopic (exact) mass is 1400 g/mol. The number of rotatable bonds is 28. The lowest BCUT2D eigenvalue weighted by Crippen LogP contribution is -2.48. The fourth-order valence-corrected chi connectivity index (χ4v) is 12.7. The summed E-state index contributed by atoms with van der Waals surface area (Å²) < 4.78 is 45.4. The molecule has 0 aliphatic carbocycles. The zero-order valence-corrected chi connectivity index (χ0v) is 60.9. The van der Waals surface area contributed by atoms with E-state index in [1.165, 1.54) is 42.3 Å². The van der Waals surface area contributed by atoms with E-state index in [4.69, 9.17) is 37.5 Å². The van der Waals surface area contributed by atoms with Gasteiger partial charge in [-0.25, -0.2) is 19.6 Å². The first-order chi connectivity index (χ1) is 46.3. The first kappa shape index (κ1) is 77.3. The van der Waals surface area contributed by atoms with Gasteiger partial charge in [-0.15, -0.1) is 22.7 Å². The minimum absolute atomic E-state index is 0.0537. The molecule has 2 aromatic carbocycles. The van der Waals surface area contributed by atoms with Gasteiger partial charge in [-0.1, -0.05) is 62.3 Å². The standard InChI is InChI=1S/2C35H49N5O8S/c2*1-21(2)30(29-15-22(3)38-48-29)33(43)40-19-26(41)17-27(40)32(42)36-18-25-10-9-24(31-23(4)37-20-49-31)16-28(25)46-14-13-45-12-11-39(8)34(44)47-35(5,6)7/h2*9-10,15-16,20-21,26-27,30,41H,11-14,17-19H2,1-8H3,(H,36,42)/t26-,27+,30+;26-,27+,30-/m11/s1. The number of hydrogen-bond acceptors (Lipinski definition) is 22. The molecule has 6 aromatic rings. The molecule has 4 N–H and O–H groups in total. The highest BCUT2D eigenvalue weighted by molar-refractivity contribution is 7.13. The highest BCUT2D eigenvalue weighted by Gasteiger charge is 2.45. The van der Waals surface area contributed by atoms with E-state index >= 15 is 0 Å². The van der Waals surface area contributed by atoms with Crippen molar-refractivity contribution < 1.29 is 76.4 Å². The minimum Gasteiger partial charge on any atom is -0.491 e. The first-order valence-corrected chi connectivity index (χ1v) is 34.8. The van der Waals surface area contributed by atoms with Crippen LogP contribution < -0.4 is 20.1 Å². The maximum absolute atomic E-state index is 13.8. The van der Waals surface area contributed by atoms with Crippen LogP contribution in [0.2, 0.25) is 0 Å². The average Bonchev–Trinajstić information content (AvgIpc) is 1.65. The number of hydrogen-bond donors (Lipinski definition) is 4. The number of amides is 6. The van der Waals surface area contributed by atoms with Crippen molar-refractivity contribution in [2.24, 2.45) is 11.8 Å². The van der Waals surface area contributed by atoms with Gasteiger partial charge in [0.2, 0.25) is 23.6 Å². The molecule has 6 heterocycles. The Morgan fingerprint density at radius 2 is 0.959 bits per heavy atom. The molecule has 26 nitrogen and oxygen atoms in total. The number of aliphatic hydroxyl groups is 2. The van der Waals surface area contributed by atoms with Crippen molar-refractivity contribution in [2.75, 3.05) is 79.9 Å². The predicted octanol–water partition coefficient (Wildman–Crippen LogP) is 9.39. The Morgan fingerprint density at radius 3 is 1.28 bits per heavy atom. The maximum atomic E-state index is 13.8. The van der Waals surface area contributed by atoms with Crippen molar-refractivity contribution in [1.29, 1.82) is 0 Å². The molecule has 4 aromatic heterocycles. The molecule has 98 heavy (non-hydrogen) atoms. The molecule has 0 saturated carbocycles. The number of nitrogens with one attached hydrogen (secondary N) is 2. The van der Waals surface area contributed by atoms with E-state index in [-0.39, 0.29) is 101 Å². The van der Waals surface area contributed by atoms with Gasteiger partial charge < -0.3 is 77.9 Å². The van der Waals surface area contributed by atoms with Gasteiger partial charge in [0, 0.05) is 89.5 Å². The van der Waals surface area contributed by atoms with Crippen LogP contribution in [0.3, 0.4) is 0 Å². The van der Waals surface area contributed by atoms with E-state index in [1.807, 2.05) is 119 Å². The number of carbonyl (C=O) groups is 6. The number of ether oxygens (including phenoxy) is 6. The highest BCUT2D eigenvalue weighted by Crippen LogP contribution is 2.36. The third kappa shape index (κ3) is 22.0. The number of aliphatic hydroxyl groups excluding tert-OH is 2. The molecule has 0 radical (unpaired) electrons. The van der Waals surface area contributed by atoms with Crippen LogP contribution in [0, 0.1) is 39.5 Å². The molecule has 2 saturated heterocycles. The second-order valence-electron chi connectivity index (χ2n) is 27.3. The van der Waals surface area contributed by atoms with E-state index in [0.29, 0.717) is 60.7 Å². The lowest BCUT2D eigenvalue weighted by atomic mass is 9.91. The number of thiazole rings is 2. The Morgan fingerprint density at radius 1 is 0.582 bits per heavy atom. The van der Waals surface area contributed by atoms with Crippen LogP contribution in [0.25, 0.3) is 20.9 Å². The van der Waals surface area contributed by atoms with E-state index in [9.17, 15) is 39.0 Å². The van der Waals surface area contributed by atoms with Gasteiger partial charge in [0.1, 0.15) is 71.4 Å². The molecular weight excluding hydrogens is 1300 g/mol. The summed E-state index contributed by atoms with van der Waals surface area (Å²) in [5.74, 6) is -0.784. The quantitative estimate of drug-likeness (QED) is 0.0332. The van der Waals surface area contributed by atoms with Crippen molar-refractivity contribution in [2.45, 2.75) is 170 Å². The third-order valence-corrected chi connectivity index (χ3v) is 18.0. The number of benzene rings is 2. The summed E-state index contributed by atoms with van der Waals surface area (Å²) in [6.45, 7) is 28.7. The summed E-state index contributed by atoms with van der Waals surface area (Å²) in [6, 6.07) is 13.3. The molecule has 2 aliphatic rings. The van der Waals surface area contributed by atoms with Crippen molar-refractivity contribution in [3.63, 3.8) is 0 Å². The Balaban J connectivity index is 0.000000276. The van der Waals surface area contributed by atoms with E-state index < -0.39 is 59.5 Å². The van der Waals surface area contributed by atoms with Crippen LogP contribution in [-0.2, 0) is 51.2 Å². The second kappa shape index (κ2) is 35.2. The predicted molar refractivity (Wildman–Crippen MR) is 369 cm³/mol. The largest absolute Gasteiger partial charge is 0.491 e. The third-order valence-electron chi connectivity index (χ3n) is 16.1. The van der Waals surface area contributed by atoms with Crippen LogP contribution in [0.4, 0.5) is 9.59 Å². The zero-order chi connectivity index (χ0) is 71.8. The lowest BCUT2D eigenvalue weighted by molar-refractivity contribution is -0.141. The van der Waals surface area contributed by atoms with Gasteiger partial charge in [-0.3, -0.25) is 19.2 Å². The number of likely N-dealkylation sites (N-methyl/N-ethyl adjacent to an activating group) is 2. The van der Waals surface area contributed by atoms with Crippen LogP contribution in [0.15, 0.2) is 68.6 Å². The Bertz CT molecular complexity index is 3400. The lowest BCUT2D eigenvalue weighted by Gasteiger charge is -2.28. The first-order valence-electron chi connectivity index (χ1n) is 33.0. The number of β-amino-alcohol motifs (C(OH)–C–C–N with tert-alkyl or cyclic N) is 2. The van der Waals surface area contributed by atoms with Crippen molar-refractivity contribution >= 4 is 58.5 Å². The summed E-state index contributed by atoms with van der Waals surface area (Å²) in [4.78, 5) is 95.6. The second-order valence-corrected chi connectivity index (χ2v) is 29.0. The molecule has 0 unspecified atom stereocenters. The van der Waals surface area contributed by atoms with Crippen molar-refractivity contribution in [1.82, 2.24) is 50.5 Å². The highest BCUT2D eigenvalue weighted by atomic mass is 32.1. The number of carbonyl (C=O) groups excluding carboxylic acids is 6. The van der Waals surface area contributed by atoms with Crippen molar-refractivity contribution in [3.8, 4) is 32.4 Å². The van der Waals surface area contributed by atoms with Crippen LogP contribution in [-0.4, -0.2) is 201 Å². The SMILES string of the molecule is Cc1cc([C@@H](C(=O)N2C[C@H](O)C[C@H]2C(=O)NCc2ccc(-c3scnc3C)cc2OCCOCCN(C)C(=O)OC(C)(C)C)C(C)C)on1.Cc1cc([C@H](C(=O)N2C[C@H](O)C[C@H]2C(=O)NCc2ccc(-c3scnc3C)cc2OCCOCCN(C)C(=O)OC(C)(C)C)C(C)C)on1. The normalized spacial score (nSPS) is 16.9. The van der Waals surface area contributed by atoms with Gasteiger partial charge in [-0.05, 0) is 104 Å². The molecule has 6 amide bonds. The summed E-state index contributed by atoms with van der Waals surface area (Å²) in [6.07, 6.45) is -2.23. The molecule has 2 aliphatic heterocycles. The fourth-order valence-electron chi connectivity index (χ4n) is 11.1. The molecule has 28 heteroatoms. The molecular formula is C70H98N10O16S2. The van der Waals surface area contributed by atoms with E-state index in [0.717, 1.165) is 43.4 Å². The Labute approximate surface area is 582 Å². The molecule has 536 valence electrons. The number of aromatic nitrogens is 4. The maximum Gasteiger partial charge on any atom is 0.410 e. The van der Waals surface area contributed by atoms with Gasteiger partial charge >= 0.3 is 12.2 Å². The van der Waals surface area contributed by atoms with Crippen molar-refractivity contribution in [3.05, 3.63) is 105 Å². The van der Waals surface area contributed by atoms with E-state index in [2.05, 4.69) is 30.9 Å². The summed E-state index contributed by atoms with van der Waals surface area (Å²) in [5, 5.41) is 34.9. The minimum atomic E-state index is -0.844. The van der Waals surface area contributed by atoms with Gasteiger partial charge in [0.25, 0.3) is 0 Å². The number of aryl methyl sites for hydroxylation is 4. The molecule has 8 rings (SSSR count). The average molecular weight is 1400 g/mol. The van der Waals surface area contributed by atoms with Crippen LogP contribution in [0.1, 0.15) is 139 Å². The smallest absolute Gasteiger partial charge is 0.410 e. The fraction of sp³-hybridized carbons (Fsp3) is 0.571. The molecule has 0 spiro atoms. The topological polar surface area (TPSA) is 313 Å². The summed E-state index contributed by atoms with van der Waals surface area (Å²) >= 11 is 3.05. The summed E-state index contributed by atoms with van der Waals surface area (Å²) in [7, 11) is 3.31.